The van der Waals surface area contributed by atoms with Gasteiger partial charge in [0, 0.05) is 5.39 Å². The van der Waals surface area contributed by atoms with Gasteiger partial charge in [-0.1, -0.05) is 30.3 Å². The van der Waals surface area contributed by atoms with E-state index in [1.807, 2.05) is 6.07 Å². The highest BCUT2D eigenvalue weighted by molar-refractivity contribution is 6.21. The number of ether oxygens (including phenoxy) is 1. The van der Waals surface area contributed by atoms with Crippen LogP contribution in [0.25, 0.3) is 22.4 Å². The summed E-state index contributed by atoms with van der Waals surface area (Å²) in [5.74, 6) is -1.13. The Balaban J connectivity index is 1.44. The lowest BCUT2D eigenvalue weighted by Crippen LogP contribution is -2.33. The normalized spacial score (nSPS) is 13.0. The molecule has 7 heteroatoms. The number of nitrogens with zero attached hydrogens (tertiary/aromatic N) is 2. The zero-order chi connectivity index (χ0) is 20.7. The van der Waals surface area contributed by atoms with Gasteiger partial charge in [-0.15, -0.1) is 0 Å². The number of amides is 2. The topological polar surface area (TPSA) is 89.7 Å². The van der Waals surface area contributed by atoms with Crippen molar-refractivity contribution in [3.05, 3.63) is 89.7 Å². The Bertz CT molecular complexity index is 1280. The summed E-state index contributed by atoms with van der Waals surface area (Å²) in [6, 6.07) is 18.7. The van der Waals surface area contributed by atoms with Crippen LogP contribution in [0.5, 0.6) is 0 Å². The fourth-order valence-electron chi connectivity index (χ4n) is 3.45. The molecule has 2 aromatic carbocycles. The maximum atomic E-state index is 12.9. The molecule has 146 valence electrons. The third kappa shape index (κ3) is 2.84. The number of benzene rings is 2. The molecule has 0 bridgehead atoms. The minimum atomic E-state index is -0.669. The third-order valence-electron chi connectivity index (χ3n) is 4.91. The van der Waals surface area contributed by atoms with Gasteiger partial charge in [0.1, 0.15) is 5.69 Å². The number of hydrogen-bond acceptors (Lipinski definition) is 6. The molecule has 0 atom stereocenters. The van der Waals surface area contributed by atoms with Crippen LogP contribution in [0.15, 0.2) is 77.4 Å². The van der Waals surface area contributed by atoms with Crippen LogP contribution >= 0.6 is 0 Å². The molecule has 0 saturated carbocycles. The summed E-state index contributed by atoms with van der Waals surface area (Å²) in [5.41, 5.74) is 1.94. The van der Waals surface area contributed by atoms with Crippen LogP contribution in [-0.4, -0.2) is 34.4 Å². The molecule has 3 heterocycles. The Kier molecular flexibility index (Phi) is 4.14. The van der Waals surface area contributed by atoms with Crippen molar-refractivity contribution in [2.24, 2.45) is 0 Å². The molecule has 30 heavy (non-hydrogen) atoms. The van der Waals surface area contributed by atoms with Crippen LogP contribution in [0.4, 0.5) is 0 Å². The first-order valence-corrected chi connectivity index (χ1v) is 9.19. The van der Waals surface area contributed by atoms with Gasteiger partial charge < -0.3 is 9.15 Å². The number of carbonyl (C=O) groups is 3. The zero-order valence-electron chi connectivity index (χ0n) is 15.6. The van der Waals surface area contributed by atoms with Crippen LogP contribution in [0.2, 0.25) is 0 Å². The SMILES string of the molecule is O=C(OCN1C(=O)c2ccccc2C1=O)c1cc(-c2ccco2)nc2ccccc12. The lowest BCUT2D eigenvalue weighted by atomic mass is 10.1. The van der Waals surface area contributed by atoms with E-state index >= 15 is 0 Å². The van der Waals surface area contributed by atoms with Crippen molar-refractivity contribution in [3.8, 4) is 11.5 Å². The number of rotatable bonds is 4. The van der Waals surface area contributed by atoms with E-state index in [2.05, 4.69) is 4.98 Å². The molecular formula is C23H14N2O5. The van der Waals surface area contributed by atoms with Crippen LogP contribution in [0.1, 0.15) is 31.1 Å². The molecule has 5 rings (SSSR count). The Morgan fingerprint density at radius 2 is 1.63 bits per heavy atom. The molecule has 0 radical (unpaired) electrons. The lowest BCUT2D eigenvalue weighted by Gasteiger charge is -2.15. The molecule has 0 fully saturated rings. The van der Waals surface area contributed by atoms with Crippen molar-refractivity contribution in [2.75, 3.05) is 6.73 Å². The number of esters is 1. The first kappa shape index (κ1) is 17.8. The second-order valence-electron chi connectivity index (χ2n) is 6.69. The molecule has 0 spiro atoms. The van der Waals surface area contributed by atoms with Gasteiger partial charge in [0.05, 0.1) is 28.5 Å². The third-order valence-corrected chi connectivity index (χ3v) is 4.91. The monoisotopic (exact) mass is 398 g/mol. The summed E-state index contributed by atoms with van der Waals surface area (Å²) in [5, 5.41) is 0.597. The standard InChI is InChI=1S/C23H14N2O5/c26-21-15-7-1-2-8-16(15)22(27)25(21)13-30-23(28)17-12-19(20-10-5-11-29-20)24-18-9-4-3-6-14(17)18/h1-12H,13H2. The molecule has 1 aliphatic heterocycles. The van der Waals surface area contributed by atoms with Crippen molar-refractivity contribution < 1.29 is 23.5 Å². The summed E-state index contributed by atoms with van der Waals surface area (Å²) in [6.45, 7) is -0.474. The summed E-state index contributed by atoms with van der Waals surface area (Å²) < 4.78 is 10.7. The molecule has 1 aliphatic rings. The average molecular weight is 398 g/mol. The summed E-state index contributed by atoms with van der Waals surface area (Å²) in [4.78, 5) is 43.3. The Hall–Kier alpha value is -4.26. The Labute approximate surface area is 170 Å². The van der Waals surface area contributed by atoms with Gasteiger partial charge in [0.2, 0.25) is 0 Å². The highest BCUT2D eigenvalue weighted by Gasteiger charge is 2.36. The average Bonchev–Trinajstić information content (AvgIpc) is 3.40. The largest absolute Gasteiger partial charge is 0.463 e. The first-order valence-electron chi connectivity index (χ1n) is 9.19. The molecule has 0 unspecified atom stereocenters. The second-order valence-corrected chi connectivity index (χ2v) is 6.69. The van der Waals surface area contributed by atoms with Gasteiger partial charge in [-0.05, 0) is 36.4 Å². The number of fused-ring (bicyclic) bond motifs is 2. The van der Waals surface area contributed by atoms with Gasteiger partial charge in [0.25, 0.3) is 11.8 Å². The van der Waals surface area contributed by atoms with Crippen molar-refractivity contribution in [1.29, 1.82) is 0 Å². The maximum absolute atomic E-state index is 12.9. The van der Waals surface area contributed by atoms with Gasteiger partial charge in [-0.2, -0.15) is 0 Å². The quantitative estimate of drug-likeness (QED) is 0.383. The molecule has 0 saturated heterocycles. The fraction of sp³-hybridized carbons (Fsp3) is 0.0435. The highest BCUT2D eigenvalue weighted by Crippen LogP contribution is 2.26. The Morgan fingerprint density at radius 1 is 0.933 bits per heavy atom. The van der Waals surface area contributed by atoms with E-state index in [1.54, 1.807) is 60.7 Å². The van der Waals surface area contributed by atoms with E-state index in [9.17, 15) is 14.4 Å². The molecule has 4 aromatic rings. The highest BCUT2D eigenvalue weighted by atomic mass is 16.5. The summed E-state index contributed by atoms with van der Waals surface area (Å²) in [7, 11) is 0. The number of imide groups is 1. The van der Waals surface area contributed by atoms with Gasteiger partial charge in [0.15, 0.2) is 12.5 Å². The van der Waals surface area contributed by atoms with Crippen LogP contribution < -0.4 is 0 Å². The summed E-state index contributed by atoms with van der Waals surface area (Å²) >= 11 is 0. The molecule has 2 aromatic heterocycles. The van der Waals surface area contributed by atoms with Crippen molar-refractivity contribution >= 4 is 28.7 Å². The molecule has 2 amide bonds. The molecule has 0 aliphatic carbocycles. The lowest BCUT2D eigenvalue weighted by molar-refractivity contribution is 0.0229. The van der Waals surface area contributed by atoms with E-state index in [4.69, 9.17) is 9.15 Å². The number of carbonyl (C=O) groups excluding carboxylic acids is 3. The van der Waals surface area contributed by atoms with E-state index in [-0.39, 0.29) is 5.56 Å². The van der Waals surface area contributed by atoms with Gasteiger partial charge in [-0.25, -0.2) is 14.7 Å². The van der Waals surface area contributed by atoms with Crippen LogP contribution in [-0.2, 0) is 4.74 Å². The van der Waals surface area contributed by atoms with E-state index in [1.165, 1.54) is 6.26 Å². The van der Waals surface area contributed by atoms with Crippen molar-refractivity contribution in [1.82, 2.24) is 9.88 Å². The van der Waals surface area contributed by atoms with Crippen molar-refractivity contribution in [2.45, 2.75) is 0 Å². The molecular weight excluding hydrogens is 384 g/mol. The summed E-state index contributed by atoms with van der Waals surface area (Å²) in [6.07, 6.45) is 1.52. The minimum absolute atomic E-state index is 0.267. The Morgan fingerprint density at radius 3 is 2.33 bits per heavy atom. The molecule has 0 N–H and O–H groups in total. The first-order chi connectivity index (χ1) is 14.6. The van der Waals surface area contributed by atoms with E-state index in [0.29, 0.717) is 33.5 Å². The number of hydrogen-bond donors (Lipinski definition) is 0. The number of aromatic nitrogens is 1. The molecule has 7 nitrogen and oxygen atoms in total. The minimum Gasteiger partial charge on any atom is -0.463 e. The van der Waals surface area contributed by atoms with Crippen molar-refractivity contribution in [3.63, 3.8) is 0 Å². The fourth-order valence-corrected chi connectivity index (χ4v) is 3.45. The van der Waals surface area contributed by atoms with Gasteiger partial charge in [-0.3, -0.25) is 9.59 Å². The van der Waals surface area contributed by atoms with Gasteiger partial charge >= 0.3 is 5.97 Å². The smallest absolute Gasteiger partial charge is 0.340 e. The number of pyridine rings is 1. The number of para-hydroxylation sites is 1. The zero-order valence-corrected chi connectivity index (χ0v) is 15.6. The van der Waals surface area contributed by atoms with Crippen LogP contribution in [0, 0.1) is 0 Å². The van der Waals surface area contributed by atoms with Crippen LogP contribution in [0.3, 0.4) is 0 Å². The predicted octanol–water partition coefficient (Wildman–Crippen LogP) is 3.91. The van der Waals surface area contributed by atoms with E-state index < -0.39 is 24.5 Å². The van der Waals surface area contributed by atoms with E-state index in [0.717, 1.165) is 4.90 Å². The number of furan rings is 1. The maximum Gasteiger partial charge on any atom is 0.340 e. The predicted molar refractivity (Wildman–Crippen MR) is 107 cm³/mol. The second kappa shape index (κ2) is 6.97.